The van der Waals surface area contributed by atoms with Gasteiger partial charge in [-0.25, -0.2) is 4.79 Å². The molecule has 2 aromatic heterocycles. The van der Waals surface area contributed by atoms with Crippen molar-refractivity contribution >= 4 is 16.9 Å². The van der Waals surface area contributed by atoms with E-state index < -0.39 is 5.54 Å². The van der Waals surface area contributed by atoms with Crippen molar-refractivity contribution in [2.45, 2.75) is 25.0 Å². The third-order valence-electron chi connectivity index (χ3n) is 4.24. The maximum Gasteiger partial charge on any atom is 0.334 e. The summed E-state index contributed by atoms with van der Waals surface area (Å²) in [6, 6.07) is 11.0. The molecule has 0 radical (unpaired) electrons. The van der Waals surface area contributed by atoms with Gasteiger partial charge in [0.15, 0.2) is 5.54 Å². The van der Waals surface area contributed by atoms with Gasteiger partial charge in [0.1, 0.15) is 6.61 Å². The highest BCUT2D eigenvalue weighted by atomic mass is 16.5. The number of carbonyl (C=O) groups is 1. The molecule has 0 spiro atoms. The lowest BCUT2D eigenvalue weighted by Crippen LogP contribution is -2.30. The van der Waals surface area contributed by atoms with E-state index in [1.54, 1.807) is 29.2 Å². The van der Waals surface area contributed by atoms with Crippen LogP contribution in [0.15, 0.2) is 53.6 Å². The molecule has 2 heterocycles. The van der Waals surface area contributed by atoms with E-state index >= 15 is 0 Å². The first-order valence-electron chi connectivity index (χ1n) is 7.47. The summed E-state index contributed by atoms with van der Waals surface area (Å²) < 4.78 is 7.03. The molecule has 23 heavy (non-hydrogen) atoms. The molecule has 0 unspecified atom stereocenters. The minimum absolute atomic E-state index is 0.0397. The Morgan fingerprint density at radius 3 is 2.87 bits per heavy atom. The van der Waals surface area contributed by atoms with E-state index in [0.717, 1.165) is 10.9 Å². The smallest absolute Gasteiger partial charge is 0.334 e. The van der Waals surface area contributed by atoms with Gasteiger partial charge in [-0.05, 0) is 36.4 Å². The molecule has 0 amide bonds. The predicted octanol–water partition coefficient (Wildman–Crippen LogP) is 1.96. The quantitative estimate of drug-likeness (QED) is 0.747. The Morgan fingerprint density at radius 1 is 1.30 bits per heavy atom. The van der Waals surface area contributed by atoms with Crippen LogP contribution in [0, 0.1) is 0 Å². The number of esters is 1. The van der Waals surface area contributed by atoms with Crippen LogP contribution in [0.1, 0.15) is 18.4 Å². The highest BCUT2D eigenvalue weighted by Gasteiger charge is 2.54. The highest BCUT2D eigenvalue weighted by Crippen LogP contribution is 2.44. The first-order valence-corrected chi connectivity index (χ1v) is 7.47. The second-order valence-corrected chi connectivity index (χ2v) is 5.77. The Morgan fingerprint density at radius 2 is 2.13 bits per heavy atom. The SMILES string of the molecule is O=C(OCc1cc2ccccc2[nH]c1=O)C1(n2cccn2)CC1. The number of fused-ring (bicyclic) bond motifs is 1. The molecule has 3 aromatic rings. The second-order valence-electron chi connectivity index (χ2n) is 5.77. The third-order valence-corrected chi connectivity index (χ3v) is 4.24. The molecule has 4 rings (SSSR count). The Hall–Kier alpha value is -2.89. The van der Waals surface area contributed by atoms with Gasteiger partial charge in [0.05, 0.1) is 5.56 Å². The van der Waals surface area contributed by atoms with Crippen molar-refractivity contribution in [1.29, 1.82) is 0 Å². The summed E-state index contributed by atoms with van der Waals surface area (Å²) in [5, 5.41) is 5.04. The number of nitrogens with zero attached hydrogens (tertiary/aromatic N) is 2. The number of hydrogen-bond donors (Lipinski definition) is 1. The fraction of sp³-hybridized carbons (Fsp3) is 0.235. The predicted molar refractivity (Wildman–Crippen MR) is 83.8 cm³/mol. The molecule has 1 N–H and O–H groups in total. The number of carbonyl (C=O) groups excluding carboxylic acids is 1. The zero-order chi connectivity index (χ0) is 15.9. The summed E-state index contributed by atoms with van der Waals surface area (Å²) in [7, 11) is 0. The number of hydrogen-bond acceptors (Lipinski definition) is 4. The summed E-state index contributed by atoms with van der Waals surface area (Å²) >= 11 is 0. The lowest BCUT2D eigenvalue weighted by Gasteiger charge is -2.15. The largest absolute Gasteiger partial charge is 0.459 e. The van der Waals surface area contributed by atoms with Crippen LogP contribution < -0.4 is 5.56 Å². The number of ether oxygens (including phenoxy) is 1. The Kier molecular flexibility index (Phi) is 3.04. The molecule has 116 valence electrons. The number of H-pyrrole nitrogens is 1. The molecule has 1 aromatic carbocycles. The van der Waals surface area contributed by atoms with Crippen molar-refractivity contribution in [3.05, 3.63) is 64.7 Å². The first kappa shape index (κ1) is 13.8. The summed E-state index contributed by atoms with van der Waals surface area (Å²) in [4.78, 5) is 27.3. The number of pyridine rings is 1. The van der Waals surface area contributed by atoms with E-state index in [1.807, 2.05) is 24.3 Å². The van der Waals surface area contributed by atoms with Crippen LogP contribution in [-0.4, -0.2) is 20.7 Å². The zero-order valence-electron chi connectivity index (χ0n) is 12.4. The molecular formula is C17H15N3O3. The van der Waals surface area contributed by atoms with Crippen molar-refractivity contribution in [2.24, 2.45) is 0 Å². The third kappa shape index (κ3) is 2.32. The van der Waals surface area contributed by atoms with Gasteiger partial charge in [0, 0.05) is 17.9 Å². The van der Waals surface area contributed by atoms with Crippen molar-refractivity contribution in [2.75, 3.05) is 0 Å². The molecule has 1 saturated carbocycles. The lowest BCUT2D eigenvalue weighted by molar-refractivity contribution is -0.151. The summed E-state index contributed by atoms with van der Waals surface area (Å²) in [6.45, 7) is -0.0397. The minimum Gasteiger partial charge on any atom is -0.459 e. The molecule has 1 aliphatic carbocycles. The van der Waals surface area contributed by atoms with Crippen molar-refractivity contribution in [1.82, 2.24) is 14.8 Å². The molecule has 0 saturated heterocycles. The Bertz CT molecular complexity index is 924. The second kappa shape index (κ2) is 5.08. The van der Waals surface area contributed by atoms with Gasteiger partial charge in [0.25, 0.3) is 5.56 Å². The molecule has 6 nitrogen and oxygen atoms in total. The summed E-state index contributed by atoms with van der Waals surface area (Å²) in [5.41, 5.74) is 0.282. The van der Waals surface area contributed by atoms with Gasteiger partial charge in [-0.1, -0.05) is 18.2 Å². The molecule has 0 aliphatic heterocycles. The topological polar surface area (TPSA) is 77.0 Å². The fourth-order valence-corrected chi connectivity index (χ4v) is 2.74. The summed E-state index contributed by atoms with van der Waals surface area (Å²) in [5.74, 6) is -0.339. The highest BCUT2D eigenvalue weighted by molar-refractivity contribution is 5.82. The molecule has 0 atom stereocenters. The van der Waals surface area contributed by atoms with E-state index in [9.17, 15) is 9.59 Å². The zero-order valence-corrected chi connectivity index (χ0v) is 12.4. The standard InChI is InChI=1S/C17H15N3O3/c21-15-13(10-12-4-1-2-5-14(12)19-15)11-23-16(22)17(6-7-17)20-9-3-8-18-20/h1-5,8-10H,6-7,11H2,(H,19,21). The molecule has 6 heteroatoms. The van der Waals surface area contributed by atoms with Crippen LogP contribution in [0.3, 0.4) is 0 Å². The molecule has 1 aliphatic rings. The number of rotatable bonds is 4. The summed E-state index contributed by atoms with van der Waals surface area (Å²) in [6.07, 6.45) is 4.82. The monoisotopic (exact) mass is 309 g/mol. The van der Waals surface area contributed by atoms with Crippen LogP contribution in [0.2, 0.25) is 0 Å². The van der Waals surface area contributed by atoms with Gasteiger partial charge in [0.2, 0.25) is 0 Å². The number of para-hydroxylation sites is 1. The molecule has 1 fully saturated rings. The molecule has 0 bridgehead atoms. The Balaban J connectivity index is 1.54. The average Bonchev–Trinajstić information content (AvgIpc) is 3.19. The Labute approximate surface area is 131 Å². The van der Waals surface area contributed by atoms with Gasteiger partial charge < -0.3 is 9.72 Å². The maximum atomic E-state index is 12.4. The van der Waals surface area contributed by atoms with Crippen LogP contribution in [0.4, 0.5) is 0 Å². The minimum atomic E-state index is -0.687. The van der Waals surface area contributed by atoms with Crippen molar-refractivity contribution < 1.29 is 9.53 Å². The van der Waals surface area contributed by atoms with E-state index in [-0.39, 0.29) is 18.1 Å². The normalized spacial score (nSPS) is 15.5. The maximum absolute atomic E-state index is 12.4. The van der Waals surface area contributed by atoms with Gasteiger partial charge in [-0.3, -0.25) is 9.48 Å². The van der Waals surface area contributed by atoms with Crippen molar-refractivity contribution in [3.63, 3.8) is 0 Å². The van der Waals surface area contributed by atoms with Crippen LogP contribution in [0.25, 0.3) is 10.9 Å². The van der Waals surface area contributed by atoms with Gasteiger partial charge >= 0.3 is 5.97 Å². The van der Waals surface area contributed by atoms with Crippen LogP contribution in [0.5, 0.6) is 0 Å². The number of aromatic nitrogens is 3. The number of aromatic amines is 1. The van der Waals surface area contributed by atoms with E-state index in [0.29, 0.717) is 18.4 Å². The number of nitrogens with one attached hydrogen (secondary N) is 1. The fourth-order valence-electron chi connectivity index (χ4n) is 2.74. The average molecular weight is 309 g/mol. The van der Waals surface area contributed by atoms with Gasteiger partial charge in [-0.15, -0.1) is 0 Å². The van der Waals surface area contributed by atoms with E-state index in [2.05, 4.69) is 10.1 Å². The van der Waals surface area contributed by atoms with Crippen LogP contribution in [-0.2, 0) is 21.7 Å². The number of benzene rings is 1. The molecular weight excluding hydrogens is 294 g/mol. The van der Waals surface area contributed by atoms with E-state index in [1.165, 1.54) is 0 Å². The van der Waals surface area contributed by atoms with Crippen LogP contribution >= 0.6 is 0 Å². The first-order chi connectivity index (χ1) is 11.2. The lowest BCUT2D eigenvalue weighted by atomic mass is 10.1. The van der Waals surface area contributed by atoms with E-state index in [4.69, 9.17) is 4.74 Å². The van der Waals surface area contributed by atoms with Crippen molar-refractivity contribution in [3.8, 4) is 0 Å². The van der Waals surface area contributed by atoms with Gasteiger partial charge in [-0.2, -0.15) is 5.10 Å².